The minimum Gasteiger partial charge on any atom is -0.311 e. The number of hydrogen-bond donors (Lipinski definition) is 1. The van der Waals surface area contributed by atoms with Crippen LogP contribution in [-0.2, 0) is 0 Å². The predicted molar refractivity (Wildman–Crippen MR) is 67.2 cm³/mol. The van der Waals surface area contributed by atoms with Crippen molar-refractivity contribution in [2.24, 2.45) is 5.92 Å². The van der Waals surface area contributed by atoms with Gasteiger partial charge in [-0.1, -0.05) is 12.8 Å². The molecule has 0 aromatic heterocycles. The molecule has 0 saturated heterocycles. The Hall–Kier alpha value is -0.0800. The number of nitrogens with zero attached hydrogens (tertiary/aromatic N) is 1. The van der Waals surface area contributed by atoms with E-state index in [-0.39, 0.29) is 0 Å². The molecule has 0 aromatic rings. The summed E-state index contributed by atoms with van der Waals surface area (Å²) in [5, 5.41) is 3.75. The highest BCUT2D eigenvalue weighted by Crippen LogP contribution is 2.27. The molecule has 0 spiro atoms. The van der Waals surface area contributed by atoms with Gasteiger partial charge in [-0.3, -0.25) is 0 Å². The molecule has 2 unspecified atom stereocenters. The van der Waals surface area contributed by atoms with Crippen LogP contribution < -0.4 is 5.32 Å². The van der Waals surface area contributed by atoms with Gasteiger partial charge >= 0.3 is 0 Å². The van der Waals surface area contributed by atoms with Gasteiger partial charge in [-0.05, 0) is 59.7 Å². The maximum absolute atomic E-state index is 3.75. The molecule has 1 aliphatic carbocycles. The van der Waals surface area contributed by atoms with E-state index in [9.17, 15) is 0 Å². The molecule has 0 radical (unpaired) electrons. The third kappa shape index (κ3) is 4.98. The zero-order valence-electron chi connectivity index (χ0n) is 10.9. The van der Waals surface area contributed by atoms with E-state index in [2.05, 4.69) is 38.2 Å². The first-order valence-electron chi connectivity index (χ1n) is 6.50. The maximum Gasteiger partial charge on any atom is 0.00694 e. The molecule has 0 bridgehead atoms. The first-order chi connectivity index (χ1) is 7.09. The average molecular weight is 212 g/mol. The largest absolute Gasteiger partial charge is 0.311 e. The molecule has 1 N–H and O–H groups in total. The van der Waals surface area contributed by atoms with E-state index in [1.807, 2.05) is 0 Å². The Morgan fingerprint density at radius 2 is 1.80 bits per heavy atom. The minimum atomic E-state index is 0.656. The lowest BCUT2D eigenvalue weighted by atomic mass is 9.99. The van der Waals surface area contributed by atoms with E-state index < -0.39 is 0 Å². The van der Waals surface area contributed by atoms with Crippen molar-refractivity contribution in [2.75, 3.05) is 20.6 Å². The number of nitrogens with one attached hydrogen (secondary N) is 1. The van der Waals surface area contributed by atoms with Crippen LogP contribution in [0, 0.1) is 5.92 Å². The maximum atomic E-state index is 3.75. The van der Waals surface area contributed by atoms with E-state index in [1.165, 1.54) is 38.6 Å². The van der Waals surface area contributed by atoms with Crippen LogP contribution in [0.1, 0.15) is 46.0 Å². The summed E-state index contributed by atoms with van der Waals surface area (Å²) in [6.45, 7) is 5.86. The molecule has 1 rings (SSSR count). The molecule has 0 aromatic carbocycles. The molecule has 1 saturated carbocycles. The topological polar surface area (TPSA) is 15.3 Å². The van der Waals surface area contributed by atoms with Crippen molar-refractivity contribution in [3.63, 3.8) is 0 Å². The van der Waals surface area contributed by atoms with Crippen LogP contribution in [0.3, 0.4) is 0 Å². The standard InChI is InChI=1S/C13H28N2/c1-11(9-10-15(3)4)14-12(2)13-7-5-6-8-13/h11-14H,5-10H2,1-4H3. The third-order valence-corrected chi connectivity index (χ3v) is 3.66. The lowest BCUT2D eigenvalue weighted by Crippen LogP contribution is -2.40. The Balaban J connectivity index is 2.15. The van der Waals surface area contributed by atoms with E-state index in [0.29, 0.717) is 12.1 Å². The van der Waals surface area contributed by atoms with Crippen LogP contribution in [0.2, 0.25) is 0 Å². The zero-order chi connectivity index (χ0) is 11.3. The molecule has 1 aliphatic rings. The highest BCUT2D eigenvalue weighted by molar-refractivity contribution is 4.79. The third-order valence-electron chi connectivity index (χ3n) is 3.66. The summed E-state index contributed by atoms with van der Waals surface area (Å²) in [4.78, 5) is 2.26. The Kier molecular flexibility index (Phi) is 5.62. The SMILES string of the molecule is CC(CCN(C)C)NC(C)C1CCCC1. The molecule has 15 heavy (non-hydrogen) atoms. The molecule has 2 nitrogen and oxygen atoms in total. The summed E-state index contributed by atoms with van der Waals surface area (Å²) in [5.41, 5.74) is 0. The highest BCUT2D eigenvalue weighted by atomic mass is 15.1. The van der Waals surface area contributed by atoms with E-state index in [4.69, 9.17) is 0 Å². The van der Waals surface area contributed by atoms with Crippen molar-refractivity contribution >= 4 is 0 Å². The van der Waals surface area contributed by atoms with Gasteiger partial charge in [-0.15, -0.1) is 0 Å². The molecule has 90 valence electrons. The lowest BCUT2D eigenvalue weighted by molar-refractivity contribution is 0.313. The lowest BCUT2D eigenvalue weighted by Gasteiger charge is -2.25. The molecule has 0 aliphatic heterocycles. The summed E-state index contributed by atoms with van der Waals surface area (Å²) in [6.07, 6.45) is 7.03. The fourth-order valence-corrected chi connectivity index (χ4v) is 2.58. The van der Waals surface area contributed by atoms with Crippen LogP contribution in [0.15, 0.2) is 0 Å². The van der Waals surface area contributed by atoms with Crippen molar-refractivity contribution in [3.05, 3.63) is 0 Å². The fraction of sp³-hybridized carbons (Fsp3) is 1.00. The molecule has 0 heterocycles. The Labute approximate surface area is 95.4 Å². The minimum absolute atomic E-state index is 0.656. The number of rotatable bonds is 6. The zero-order valence-corrected chi connectivity index (χ0v) is 10.9. The van der Waals surface area contributed by atoms with Crippen molar-refractivity contribution in [3.8, 4) is 0 Å². The average Bonchev–Trinajstić information content (AvgIpc) is 2.67. The van der Waals surface area contributed by atoms with Crippen molar-refractivity contribution in [2.45, 2.75) is 58.0 Å². The predicted octanol–water partition coefficient (Wildman–Crippen LogP) is 2.49. The summed E-state index contributed by atoms with van der Waals surface area (Å²) in [6, 6.07) is 1.37. The van der Waals surface area contributed by atoms with E-state index in [1.54, 1.807) is 0 Å². The second-order valence-electron chi connectivity index (χ2n) is 5.49. The second-order valence-corrected chi connectivity index (χ2v) is 5.49. The van der Waals surface area contributed by atoms with Gasteiger partial charge in [0.25, 0.3) is 0 Å². The fourth-order valence-electron chi connectivity index (χ4n) is 2.58. The monoisotopic (exact) mass is 212 g/mol. The van der Waals surface area contributed by atoms with Gasteiger partial charge < -0.3 is 10.2 Å². The summed E-state index contributed by atoms with van der Waals surface area (Å²) in [5.74, 6) is 0.937. The van der Waals surface area contributed by atoms with Gasteiger partial charge in [0.05, 0.1) is 0 Å². The van der Waals surface area contributed by atoms with Crippen molar-refractivity contribution in [1.82, 2.24) is 10.2 Å². The Bertz CT molecular complexity index is 162. The quantitative estimate of drug-likeness (QED) is 0.728. The molecule has 0 amide bonds. The molecular weight excluding hydrogens is 184 g/mol. The second kappa shape index (κ2) is 6.49. The van der Waals surface area contributed by atoms with Gasteiger partial charge in [0.15, 0.2) is 0 Å². The van der Waals surface area contributed by atoms with Gasteiger partial charge in [0, 0.05) is 12.1 Å². The van der Waals surface area contributed by atoms with Crippen LogP contribution in [0.5, 0.6) is 0 Å². The van der Waals surface area contributed by atoms with Gasteiger partial charge in [-0.25, -0.2) is 0 Å². The number of hydrogen-bond acceptors (Lipinski definition) is 2. The molecule has 1 fully saturated rings. The summed E-state index contributed by atoms with van der Waals surface area (Å²) >= 11 is 0. The first kappa shape index (κ1) is 13.0. The molecule has 2 atom stereocenters. The van der Waals surface area contributed by atoms with E-state index >= 15 is 0 Å². The van der Waals surface area contributed by atoms with Crippen LogP contribution in [0.4, 0.5) is 0 Å². The highest BCUT2D eigenvalue weighted by Gasteiger charge is 2.22. The van der Waals surface area contributed by atoms with Crippen molar-refractivity contribution in [1.29, 1.82) is 0 Å². The van der Waals surface area contributed by atoms with Crippen LogP contribution in [-0.4, -0.2) is 37.6 Å². The Morgan fingerprint density at radius 1 is 1.20 bits per heavy atom. The smallest absolute Gasteiger partial charge is 0.00694 e. The molecule has 2 heteroatoms. The van der Waals surface area contributed by atoms with Gasteiger partial charge in [0.1, 0.15) is 0 Å². The Morgan fingerprint density at radius 3 is 2.33 bits per heavy atom. The van der Waals surface area contributed by atoms with Crippen molar-refractivity contribution < 1.29 is 0 Å². The van der Waals surface area contributed by atoms with Crippen LogP contribution >= 0.6 is 0 Å². The van der Waals surface area contributed by atoms with Gasteiger partial charge in [0.2, 0.25) is 0 Å². The van der Waals surface area contributed by atoms with Crippen LogP contribution in [0.25, 0.3) is 0 Å². The summed E-state index contributed by atoms with van der Waals surface area (Å²) in [7, 11) is 4.29. The summed E-state index contributed by atoms with van der Waals surface area (Å²) < 4.78 is 0. The first-order valence-corrected chi connectivity index (χ1v) is 6.50. The normalized spacial score (nSPS) is 22.2. The molecular formula is C13H28N2. The van der Waals surface area contributed by atoms with E-state index in [0.717, 1.165) is 5.92 Å². The van der Waals surface area contributed by atoms with Gasteiger partial charge in [-0.2, -0.15) is 0 Å².